The van der Waals surface area contributed by atoms with Crippen LogP contribution in [0.3, 0.4) is 0 Å². The zero-order valence-electron chi connectivity index (χ0n) is 13.5. The monoisotopic (exact) mass is 294 g/mol. The maximum atomic E-state index is 5.39. The number of nitrogens with zero attached hydrogens (tertiary/aromatic N) is 5. The highest BCUT2D eigenvalue weighted by atomic mass is 16.5. The van der Waals surface area contributed by atoms with E-state index in [1.165, 1.54) is 0 Å². The summed E-state index contributed by atoms with van der Waals surface area (Å²) in [5.41, 5.74) is 0. The maximum Gasteiger partial charge on any atom is 0.232 e. The van der Waals surface area contributed by atoms with E-state index in [4.69, 9.17) is 4.74 Å². The first kappa shape index (κ1) is 15.8. The lowest BCUT2D eigenvalue weighted by Gasteiger charge is -2.29. The fourth-order valence-electron chi connectivity index (χ4n) is 2.34. The number of hydrogen-bond donors (Lipinski definition) is 1. The van der Waals surface area contributed by atoms with E-state index in [9.17, 15) is 0 Å². The summed E-state index contributed by atoms with van der Waals surface area (Å²) >= 11 is 0. The maximum absolute atomic E-state index is 5.39. The van der Waals surface area contributed by atoms with Crippen LogP contribution in [0.15, 0.2) is 0 Å². The summed E-state index contributed by atoms with van der Waals surface area (Å²) in [5, 5.41) is 3.03. The van der Waals surface area contributed by atoms with Crippen LogP contribution in [0.5, 0.6) is 0 Å². The van der Waals surface area contributed by atoms with Gasteiger partial charge >= 0.3 is 0 Å². The second kappa shape index (κ2) is 7.40. The summed E-state index contributed by atoms with van der Waals surface area (Å²) in [7, 11) is 3.87. The van der Waals surface area contributed by atoms with Crippen LogP contribution in [0.4, 0.5) is 17.8 Å². The Morgan fingerprint density at radius 3 is 2.62 bits per heavy atom. The Bertz CT molecular complexity index is 449. The largest absolute Gasteiger partial charge is 0.378 e. The summed E-state index contributed by atoms with van der Waals surface area (Å²) in [5.74, 6) is 2.05. The first-order valence-electron chi connectivity index (χ1n) is 7.65. The minimum atomic E-state index is 0.402. The van der Waals surface area contributed by atoms with Gasteiger partial charge in [-0.05, 0) is 13.3 Å². The van der Waals surface area contributed by atoms with Gasteiger partial charge in [0.05, 0.1) is 13.2 Å². The lowest BCUT2D eigenvalue weighted by atomic mass is 10.2. The van der Waals surface area contributed by atoms with Crippen LogP contribution in [-0.4, -0.2) is 61.4 Å². The molecule has 0 radical (unpaired) electrons. The molecule has 21 heavy (non-hydrogen) atoms. The lowest BCUT2D eigenvalue weighted by molar-refractivity contribution is 0.122. The SMILES string of the molecule is CCCC(C)N(C)c1nc(NC)nc(N2CCOCC2)n1. The van der Waals surface area contributed by atoms with Crippen LogP contribution in [0.1, 0.15) is 26.7 Å². The van der Waals surface area contributed by atoms with Gasteiger partial charge in [0.15, 0.2) is 0 Å². The zero-order valence-corrected chi connectivity index (χ0v) is 13.5. The van der Waals surface area contributed by atoms with E-state index in [2.05, 4.69) is 43.9 Å². The molecule has 0 aliphatic carbocycles. The van der Waals surface area contributed by atoms with E-state index in [1.807, 2.05) is 14.1 Å². The molecule has 0 saturated carbocycles. The molecule has 0 bridgehead atoms. The van der Waals surface area contributed by atoms with Gasteiger partial charge in [0.2, 0.25) is 17.8 Å². The van der Waals surface area contributed by atoms with Crippen molar-refractivity contribution in [2.75, 3.05) is 55.5 Å². The van der Waals surface area contributed by atoms with Crippen molar-refractivity contribution in [1.82, 2.24) is 15.0 Å². The van der Waals surface area contributed by atoms with Crippen LogP contribution in [-0.2, 0) is 4.74 Å². The van der Waals surface area contributed by atoms with Crippen LogP contribution < -0.4 is 15.1 Å². The molecule has 1 aliphatic rings. The van der Waals surface area contributed by atoms with Crippen LogP contribution in [0.2, 0.25) is 0 Å². The molecule has 0 spiro atoms. The van der Waals surface area contributed by atoms with Gasteiger partial charge in [-0.3, -0.25) is 0 Å². The molecule has 1 unspecified atom stereocenters. The molecule has 2 heterocycles. The molecule has 0 aromatic carbocycles. The first-order chi connectivity index (χ1) is 10.2. The predicted octanol–water partition coefficient (Wildman–Crippen LogP) is 1.37. The molecular formula is C14H26N6O. The molecule has 1 aromatic rings. The van der Waals surface area contributed by atoms with Crippen molar-refractivity contribution in [3.63, 3.8) is 0 Å². The van der Waals surface area contributed by atoms with E-state index < -0.39 is 0 Å². The summed E-state index contributed by atoms with van der Waals surface area (Å²) in [6.45, 7) is 7.47. The van der Waals surface area contributed by atoms with Gasteiger partial charge in [0.25, 0.3) is 0 Å². The number of rotatable bonds is 6. The second-order valence-corrected chi connectivity index (χ2v) is 5.36. The van der Waals surface area contributed by atoms with Gasteiger partial charge in [-0.25, -0.2) is 0 Å². The molecule has 1 saturated heterocycles. The van der Waals surface area contributed by atoms with Gasteiger partial charge in [0, 0.05) is 33.2 Å². The van der Waals surface area contributed by atoms with Gasteiger partial charge in [-0.1, -0.05) is 13.3 Å². The van der Waals surface area contributed by atoms with Crippen molar-refractivity contribution in [3.8, 4) is 0 Å². The van der Waals surface area contributed by atoms with E-state index >= 15 is 0 Å². The van der Waals surface area contributed by atoms with Crippen LogP contribution in [0.25, 0.3) is 0 Å². The van der Waals surface area contributed by atoms with Crippen LogP contribution in [0, 0.1) is 0 Å². The smallest absolute Gasteiger partial charge is 0.232 e. The van der Waals surface area contributed by atoms with Crippen molar-refractivity contribution in [2.24, 2.45) is 0 Å². The average molecular weight is 294 g/mol. The number of nitrogens with one attached hydrogen (secondary N) is 1. The van der Waals surface area contributed by atoms with Crippen molar-refractivity contribution >= 4 is 17.8 Å². The first-order valence-corrected chi connectivity index (χ1v) is 7.65. The van der Waals surface area contributed by atoms with Crippen molar-refractivity contribution in [1.29, 1.82) is 0 Å². The van der Waals surface area contributed by atoms with Crippen molar-refractivity contribution in [3.05, 3.63) is 0 Å². The Morgan fingerprint density at radius 2 is 2.00 bits per heavy atom. The molecular weight excluding hydrogens is 268 g/mol. The normalized spacial score (nSPS) is 16.7. The van der Waals surface area contributed by atoms with E-state index in [1.54, 1.807) is 0 Å². The highest BCUT2D eigenvalue weighted by Crippen LogP contribution is 2.19. The van der Waals surface area contributed by atoms with E-state index in [0.29, 0.717) is 12.0 Å². The van der Waals surface area contributed by atoms with Gasteiger partial charge in [-0.15, -0.1) is 0 Å². The molecule has 1 fully saturated rings. The zero-order chi connectivity index (χ0) is 15.2. The highest BCUT2D eigenvalue weighted by molar-refractivity contribution is 5.45. The number of hydrogen-bond acceptors (Lipinski definition) is 7. The molecule has 7 nitrogen and oxygen atoms in total. The fraction of sp³-hybridized carbons (Fsp3) is 0.786. The molecule has 2 rings (SSSR count). The second-order valence-electron chi connectivity index (χ2n) is 5.36. The molecule has 1 aliphatic heterocycles. The molecule has 1 aromatic heterocycles. The highest BCUT2D eigenvalue weighted by Gasteiger charge is 2.19. The fourth-order valence-corrected chi connectivity index (χ4v) is 2.34. The topological polar surface area (TPSA) is 66.4 Å². The summed E-state index contributed by atoms with van der Waals surface area (Å²) in [6.07, 6.45) is 2.26. The molecule has 118 valence electrons. The summed E-state index contributed by atoms with van der Waals surface area (Å²) in [6, 6.07) is 0.402. The molecule has 1 N–H and O–H groups in total. The molecule has 0 amide bonds. The Hall–Kier alpha value is -1.63. The van der Waals surface area contributed by atoms with E-state index in [0.717, 1.165) is 51.0 Å². The average Bonchev–Trinajstić information content (AvgIpc) is 2.54. The summed E-state index contributed by atoms with van der Waals surface area (Å²) in [4.78, 5) is 17.9. The Labute approximate surface area is 126 Å². The number of aromatic nitrogens is 3. The minimum absolute atomic E-state index is 0.402. The lowest BCUT2D eigenvalue weighted by Crippen LogP contribution is -2.38. The Morgan fingerprint density at radius 1 is 1.29 bits per heavy atom. The minimum Gasteiger partial charge on any atom is -0.378 e. The van der Waals surface area contributed by atoms with E-state index in [-0.39, 0.29) is 0 Å². The van der Waals surface area contributed by atoms with Gasteiger partial charge in [-0.2, -0.15) is 15.0 Å². The number of morpholine rings is 1. The van der Waals surface area contributed by atoms with Crippen molar-refractivity contribution in [2.45, 2.75) is 32.7 Å². The number of anilines is 3. The van der Waals surface area contributed by atoms with Crippen molar-refractivity contribution < 1.29 is 4.74 Å². The standard InChI is InChI=1S/C14H26N6O/c1-5-6-11(2)19(4)13-16-12(15-3)17-14(18-13)20-7-9-21-10-8-20/h11H,5-10H2,1-4H3,(H,15,16,17,18). The summed E-state index contributed by atoms with van der Waals surface area (Å²) < 4.78 is 5.39. The quantitative estimate of drug-likeness (QED) is 0.850. The molecule has 1 atom stereocenters. The Kier molecular flexibility index (Phi) is 5.55. The third kappa shape index (κ3) is 3.93. The third-order valence-electron chi connectivity index (χ3n) is 3.81. The number of ether oxygens (including phenoxy) is 1. The predicted molar refractivity (Wildman–Crippen MR) is 85.2 cm³/mol. The van der Waals surface area contributed by atoms with Gasteiger partial charge < -0.3 is 19.9 Å². The van der Waals surface area contributed by atoms with Crippen LogP contribution >= 0.6 is 0 Å². The Balaban J connectivity index is 2.24. The third-order valence-corrected chi connectivity index (χ3v) is 3.81. The van der Waals surface area contributed by atoms with Gasteiger partial charge in [0.1, 0.15) is 0 Å². The molecule has 7 heteroatoms.